The summed E-state index contributed by atoms with van der Waals surface area (Å²) in [5.74, 6) is 12.6. The predicted octanol–water partition coefficient (Wildman–Crippen LogP) is 28.3. The van der Waals surface area contributed by atoms with Gasteiger partial charge < -0.3 is 33.2 Å². The summed E-state index contributed by atoms with van der Waals surface area (Å²) >= 11 is 0. The third kappa shape index (κ3) is 23.3. The van der Waals surface area contributed by atoms with Gasteiger partial charge in [0, 0.05) is 24.0 Å². The summed E-state index contributed by atoms with van der Waals surface area (Å²) in [6, 6.07) is 0. The summed E-state index contributed by atoms with van der Waals surface area (Å²) in [6.07, 6.45) is 48.6. The summed E-state index contributed by atoms with van der Waals surface area (Å²) < 4.78 is 42.5. The molecule has 7 heterocycles. The zero-order valence-corrected chi connectivity index (χ0v) is 75.6. The van der Waals surface area contributed by atoms with Gasteiger partial charge in [-0.25, -0.2) is 0 Å². The molecule has 7 spiro atoms. The van der Waals surface area contributed by atoms with Crippen molar-refractivity contribution in [3.05, 3.63) is 0 Å². The lowest BCUT2D eigenvalue weighted by atomic mass is 9.58. The fourth-order valence-corrected chi connectivity index (χ4v) is 24.7. The van der Waals surface area contributed by atoms with E-state index in [1.807, 2.05) is 0 Å². The summed E-state index contributed by atoms with van der Waals surface area (Å²) in [5.41, 5.74) is 4.42. The highest BCUT2D eigenvalue weighted by atomic mass is 16.5. The number of hydrogen-bond acceptors (Lipinski definition) is 7. The van der Waals surface area contributed by atoms with E-state index < -0.39 is 0 Å². The fourth-order valence-electron chi connectivity index (χ4n) is 24.7. The van der Waals surface area contributed by atoms with Crippen molar-refractivity contribution in [2.24, 2.45) is 115 Å². The van der Waals surface area contributed by atoms with Gasteiger partial charge in [0.15, 0.2) is 0 Å². The minimum absolute atomic E-state index is 0.134. The van der Waals surface area contributed by atoms with Gasteiger partial charge in [-0.1, -0.05) is 145 Å². The first-order valence-corrected chi connectivity index (χ1v) is 46.1. The lowest BCUT2D eigenvalue weighted by molar-refractivity contribution is -0.116. The highest BCUT2D eigenvalue weighted by molar-refractivity contribution is 5.06. The molecule has 0 radical (unpaired) electrons. The summed E-state index contributed by atoms with van der Waals surface area (Å²) in [6.45, 7) is 71.5. The maximum absolute atomic E-state index is 6.36. The summed E-state index contributed by atoms with van der Waals surface area (Å²) in [7, 11) is 0. The summed E-state index contributed by atoms with van der Waals surface area (Å²) in [5, 5.41) is 0. The second kappa shape index (κ2) is 35.8. The van der Waals surface area contributed by atoms with Crippen LogP contribution in [-0.2, 0) is 33.2 Å². The highest BCUT2D eigenvalue weighted by Gasteiger charge is 2.56. The molecule has 2 atom stereocenters. The molecule has 105 heavy (non-hydrogen) atoms. The SMILES string of the molecule is CC(C)C1CCC2(CC1)CC(C)(C)CO2.CC(C)C1CCC2(CC1)CCC(C)(C)O2.CC(C)C1CCC2(CC1)COC(C)(C)C2.CC(C)C1CCC2(CC1)COCC2(C)C.CC(C)C1CCC2(CC1)OCCC2(C)C.CC(C)C1CCC2(CCOC2(C)C)CC1.CC(C)C1CCCC2(CCC(C)(C)O2)C1. The van der Waals surface area contributed by atoms with E-state index in [0.717, 1.165) is 122 Å². The smallest absolute Gasteiger partial charge is 0.0734 e. The first kappa shape index (κ1) is 90.3. The van der Waals surface area contributed by atoms with E-state index in [0.29, 0.717) is 32.5 Å². The molecule has 7 saturated heterocycles. The lowest BCUT2D eigenvalue weighted by Gasteiger charge is -2.45. The first-order chi connectivity index (χ1) is 48.6. The Morgan fingerprint density at radius 3 is 1.01 bits per heavy atom. The topological polar surface area (TPSA) is 64.6 Å². The Balaban J connectivity index is 0.000000155. The second-order valence-electron chi connectivity index (χ2n) is 46.7. The van der Waals surface area contributed by atoms with Crippen LogP contribution in [0, 0.1) is 115 Å². The minimum atomic E-state index is 0.134. The zero-order chi connectivity index (χ0) is 77.7. The molecule has 2 unspecified atom stereocenters. The minimum Gasteiger partial charge on any atom is -0.380 e. The van der Waals surface area contributed by atoms with Crippen LogP contribution in [0.25, 0.3) is 0 Å². The third-order valence-electron chi connectivity index (χ3n) is 33.7. The van der Waals surface area contributed by atoms with Crippen LogP contribution < -0.4 is 0 Å². The number of rotatable bonds is 7. The van der Waals surface area contributed by atoms with Crippen LogP contribution in [-0.4, -0.2) is 84.4 Å². The van der Waals surface area contributed by atoms with E-state index >= 15 is 0 Å². The molecule has 7 aliphatic heterocycles. The first-order valence-electron chi connectivity index (χ1n) is 46.1. The van der Waals surface area contributed by atoms with Crippen molar-refractivity contribution in [1.82, 2.24) is 0 Å². The van der Waals surface area contributed by atoms with Crippen LogP contribution >= 0.6 is 0 Å². The van der Waals surface area contributed by atoms with Gasteiger partial charge in [-0.05, 0) is 385 Å². The zero-order valence-electron chi connectivity index (χ0n) is 75.6. The van der Waals surface area contributed by atoms with Crippen LogP contribution in [0.3, 0.4) is 0 Å². The van der Waals surface area contributed by atoms with Gasteiger partial charge in [0.05, 0.1) is 71.2 Å². The van der Waals surface area contributed by atoms with E-state index in [-0.39, 0.29) is 44.8 Å². The standard InChI is InChI=1S/7C14H26O/c1-11(2)12-5-7-14(8-6-12)10-15-9-13(14,3)4;1-11(2)12-5-7-14(8-6-12)9-13(3,4)15-10-14;1-11(2)12-5-7-14(8-6-12)9-13(3,4)10-15-14;1-11(2)12-5-7-14(8-6-12)9-10-15-13(14,3)4;1-11(2)12-5-7-14(8-6-12)13(3,4)9-10-15-14;1-11(2)12-5-7-14(8-6-12)10-9-13(3,4)15-14;1-11(2)12-6-5-7-14(10-12)9-8-13(3,4)15-14/h7*11-12H,5-10H2,1-4H3. The van der Waals surface area contributed by atoms with Gasteiger partial charge in [0.2, 0.25) is 0 Å². The molecule has 0 amide bonds. The molecule has 14 aliphatic rings. The molecule has 14 rings (SSSR count). The molecule has 0 aromatic rings. The number of ether oxygens (including phenoxy) is 7. The molecule has 14 fully saturated rings. The van der Waals surface area contributed by atoms with Crippen molar-refractivity contribution in [2.75, 3.05) is 39.6 Å². The van der Waals surface area contributed by atoms with Crippen molar-refractivity contribution in [3.8, 4) is 0 Å². The molecule has 0 aromatic carbocycles. The van der Waals surface area contributed by atoms with Crippen LogP contribution in [0.1, 0.15) is 425 Å². The van der Waals surface area contributed by atoms with Crippen LogP contribution in [0.5, 0.6) is 0 Å². The van der Waals surface area contributed by atoms with Crippen molar-refractivity contribution >= 4 is 0 Å². The Morgan fingerprint density at radius 2 is 0.667 bits per heavy atom. The Labute approximate surface area is 654 Å². The third-order valence-corrected chi connectivity index (χ3v) is 33.7. The van der Waals surface area contributed by atoms with Crippen molar-refractivity contribution in [3.63, 3.8) is 0 Å². The van der Waals surface area contributed by atoms with Gasteiger partial charge >= 0.3 is 0 Å². The monoisotopic (exact) mass is 1470 g/mol. The molecular formula is C98H182O7. The van der Waals surface area contributed by atoms with Crippen LogP contribution in [0.2, 0.25) is 0 Å². The predicted molar refractivity (Wildman–Crippen MR) is 447 cm³/mol. The Morgan fingerprint density at radius 1 is 0.267 bits per heavy atom. The Bertz CT molecular complexity index is 2310. The van der Waals surface area contributed by atoms with E-state index in [1.165, 1.54) is 231 Å². The molecule has 0 bridgehead atoms. The largest absolute Gasteiger partial charge is 0.380 e. The average molecular weight is 1470 g/mol. The van der Waals surface area contributed by atoms with Gasteiger partial charge in [-0.2, -0.15) is 0 Å². The molecule has 7 heteroatoms. The van der Waals surface area contributed by atoms with Gasteiger partial charge in [-0.15, -0.1) is 0 Å². The highest BCUT2D eigenvalue weighted by Crippen LogP contribution is 2.59. The van der Waals surface area contributed by atoms with E-state index in [2.05, 4.69) is 194 Å². The summed E-state index contributed by atoms with van der Waals surface area (Å²) in [4.78, 5) is 0. The van der Waals surface area contributed by atoms with Gasteiger partial charge in [0.1, 0.15) is 0 Å². The van der Waals surface area contributed by atoms with E-state index in [4.69, 9.17) is 33.2 Å². The van der Waals surface area contributed by atoms with E-state index in [9.17, 15) is 0 Å². The second-order valence-corrected chi connectivity index (χ2v) is 46.7. The molecule has 0 aromatic heterocycles. The maximum atomic E-state index is 6.36. The van der Waals surface area contributed by atoms with Crippen molar-refractivity contribution < 1.29 is 33.2 Å². The van der Waals surface area contributed by atoms with Crippen molar-refractivity contribution in [1.29, 1.82) is 0 Å². The maximum Gasteiger partial charge on any atom is 0.0734 e. The normalized spacial score (nSPS) is 40.2. The molecular weight excluding hydrogens is 1290 g/mol. The van der Waals surface area contributed by atoms with Crippen molar-refractivity contribution in [2.45, 2.75) is 470 Å². The molecule has 7 aliphatic carbocycles. The van der Waals surface area contributed by atoms with Crippen LogP contribution in [0.4, 0.5) is 0 Å². The molecule has 7 saturated carbocycles. The average Bonchev–Trinajstić information content (AvgIpc) is 1.67. The van der Waals surface area contributed by atoms with Gasteiger partial charge in [0.25, 0.3) is 0 Å². The molecule has 616 valence electrons. The van der Waals surface area contributed by atoms with Gasteiger partial charge in [-0.3, -0.25) is 0 Å². The quantitative estimate of drug-likeness (QED) is 0.252. The van der Waals surface area contributed by atoms with E-state index in [1.54, 1.807) is 0 Å². The molecule has 7 nitrogen and oxygen atoms in total. The fraction of sp³-hybridized carbons (Fsp3) is 1.00. The number of hydrogen-bond donors (Lipinski definition) is 0. The molecule has 0 N–H and O–H groups in total. The lowest BCUT2D eigenvalue weighted by Crippen LogP contribution is -2.45. The Kier molecular flexibility index (Phi) is 30.8. The van der Waals surface area contributed by atoms with Crippen LogP contribution in [0.15, 0.2) is 0 Å². The Hall–Kier alpha value is -0.280.